The Labute approximate surface area is 203 Å². The zero-order valence-electron chi connectivity index (χ0n) is 20.1. The van der Waals surface area contributed by atoms with Gasteiger partial charge in [0, 0.05) is 12.0 Å². The van der Waals surface area contributed by atoms with Crippen LogP contribution >= 0.6 is 11.3 Å². The Morgan fingerprint density at radius 1 is 1.06 bits per heavy atom. The number of ether oxygens (including phenoxy) is 4. The number of nitrogens with zero attached hydrogens (tertiary/aromatic N) is 1. The van der Waals surface area contributed by atoms with Crippen molar-refractivity contribution >= 4 is 27.5 Å². The Bertz CT molecular complexity index is 1140. The van der Waals surface area contributed by atoms with Crippen molar-refractivity contribution in [2.24, 2.45) is 0 Å². The third-order valence-corrected chi connectivity index (χ3v) is 7.37. The number of methoxy groups -OCH3 is 3. The molecular formula is C26H31NO6S. The van der Waals surface area contributed by atoms with E-state index in [0.717, 1.165) is 45.2 Å². The molecule has 3 aromatic rings. The van der Waals surface area contributed by atoms with E-state index in [1.54, 1.807) is 14.2 Å². The Kier molecular flexibility index (Phi) is 7.58. The number of hydrogen-bond donors (Lipinski definition) is 1. The number of aromatic carboxylic acids is 1. The number of benzene rings is 2. The van der Waals surface area contributed by atoms with Crippen LogP contribution in [0.1, 0.15) is 52.2 Å². The zero-order valence-corrected chi connectivity index (χ0v) is 20.9. The summed E-state index contributed by atoms with van der Waals surface area (Å²) in [7, 11) is 4.85. The first-order valence-electron chi connectivity index (χ1n) is 11.5. The number of fused-ring (bicyclic) bond motifs is 1. The van der Waals surface area contributed by atoms with Crippen LogP contribution in [0.5, 0.6) is 17.2 Å². The second kappa shape index (κ2) is 10.6. The van der Waals surface area contributed by atoms with E-state index in [9.17, 15) is 9.90 Å². The lowest BCUT2D eigenvalue weighted by molar-refractivity contribution is -0.00708. The monoisotopic (exact) mass is 485 g/mol. The lowest BCUT2D eigenvalue weighted by Gasteiger charge is -2.22. The van der Waals surface area contributed by atoms with Gasteiger partial charge in [-0.3, -0.25) is 0 Å². The largest absolute Gasteiger partial charge is 0.497 e. The molecule has 1 atom stereocenters. The Morgan fingerprint density at radius 2 is 1.74 bits per heavy atom. The van der Waals surface area contributed by atoms with Gasteiger partial charge in [-0.15, -0.1) is 11.3 Å². The van der Waals surface area contributed by atoms with Gasteiger partial charge < -0.3 is 24.1 Å². The summed E-state index contributed by atoms with van der Waals surface area (Å²) in [5.41, 5.74) is 2.67. The van der Waals surface area contributed by atoms with Crippen molar-refractivity contribution in [1.29, 1.82) is 0 Å². The number of carboxylic acids is 1. The van der Waals surface area contributed by atoms with Crippen molar-refractivity contribution in [2.45, 2.75) is 57.7 Å². The summed E-state index contributed by atoms with van der Waals surface area (Å²) in [5.74, 6) is 1.07. The number of carbonyl (C=O) groups is 1. The third-order valence-electron chi connectivity index (χ3n) is 6.34. The summed E-state index contributed by atoms with van der Waals surface area (Å²) < 4.78 is 23.8. The minimum absolute atomic E-state index is 0.101. The van der Waals surface area contributed by atoms with Gasteiger partial charge >= 0.3 is 5.97 Å². The first kappa shape index (κ1) is 24.3. The Balaban J connectivity index is 1.65. The number of thiazole rings is 1. The van der Waals surface area contributed by atoms with E-state index in [2.05, 4.69) is 0 Å². The van der Waals surface area contributed by atoms with Crippen molar-refractivity contribution in [1.82, 2.24) is 4.98 Å². The second-order valence-corrected chi connectivity index (χ2v) is 9.75. The maximum atomic E-state index is 11.8. The molecule has 0 radical (unpaired) electrons. The van der Waals surface area contributed by atoms with E-state index in [1.165, 1.54) is 37.4 Å². The van der Waals surface area contributed by atoms with Gasteiger partial charge in [-0.2, -0.15) is 0 Å². The van der Waals surface area contributed by atoms with Crippen molar-refractivity contribution < 1.29 is 28.8 Å². The molecule has 34 heavy (non-hydrogen) atoms. The number of aromatic nitrogens is 1. The molecule has 4 rings (SSSR count). The molecule has 1 saturated carbocycles. The van der Waals surface area contributed by atoms with Crippen LogP contribution < -0.4 is 14.2 Å². The SMILES string of the molecule is COc1cc(C(=O)O)c2nc(C[C@@H](Cc3cc(OC)c(C)c(OC)c3)OC3CCCC3)sc2c1. The third kappa shape index (κ3) is 5.28. The molecule has 182 valence electrons. The van der Waals surface area contributed by atoms with Gasteiger partial charge in [-0.1, -0.05) is 12.8 Å². The van der Waals surface area contributed by atoms with E-state index >= 15 is 0 Å². The normalized spacial score (nSPS) is 14.9. The molecule has 0 aliphatic heterocycles. The van der Waals surface area contributed by atoms with Gasteiger partial charge in [-0.25, -0.2) is 9.78 Å². The zero-order chi connectivity index (χ0) is 24.2. The lowest BCUT2D eigenvalue weighted by Crippen LogP contribution is -2.24. The highest BCUT2D eigenvalue weighted by Crippen LogP contribution is 2.34. The van der Waals surface area contributed by atoms with Crippen LogP contribution in [0.2, 0.25) is 0 Å². The highest BCUT2D eigenvalue weighted by atomic mass is 32.1. The highest BCUT2D eigenvalue weighted by molar-refractivity contribution is 7.18. The van der Waals surface area contributed by atoms with E-state index in [1.807, 2.05) is 25.1 Å². The molecule has 1 aromatic heterocycles. The van der Waals surface area contributed by atoms with Crippen molar-refractivity contribution in [3.05, 3.63) is 46.0 Å². The molecule has 1 heterocycles. The number of carboxylic acid groups (broad SMARTS) is 1. The molecular weight excluding hydrogens is 454 g/mol. The number of rotatable bonds is 10. The molecule has 1 N–H and O–H groups in total. The number of hydrogen-bond acceptors (Lipinski definition) is 7. The van der Waals surface area contributed by atoms with Crippen LogP contribution in [0.3, 0.4) is 0 Å². The molecule has 1 fully saturated rings. The molecule has 1 aliphatic rings. The van der Waals surface area contributed by atoms with Crippen LogP contribution in [0.4, 0.5) is 0 Å². The molecule has 8 heteroatoms. The van der Waals surface area contributed by atoms with Crippen LogP contribution in [0.25, 0.3) is 10.2 Å². The molecule has 0 unspecified atom stereocenters. The topological polar surface area (TPSA) is 87.1 Å². The minimum atomic E-state index is -1.02. The predicted octanol–water partition coefficient (Wildman–Crippen LogP) is 5.44. The fraction of sp³-hybridized carbons (Fsp3) is 0.462. The van der Waals surface area contributed by atoms with Gasteiger partial charge in [0.15, 0.2) is 0 Å². The van der Waals surface area contributed by atoms with Gasteiger partial charge in [0.05, 0.1) is 54.3 Å². The van der Waals surface area contributed by atoms with Crippen LogP contribution in [-0.4, -0.2) is 49.6 Å². The summed E-state index contributed by atoms with van der Waals surface area (Å²) >= 11 is 1.49. The van der Waals surface area contributed by atoms with Gasteiger partial charge in [0.1, 0.15) is 17.2 Å². The van der Waals surface area contributed by atoms with Crippen molar-refractivity contribution in [3.63, 3.8) is 0 Å². The summed E-state index contributed by atoms with van der Waals surface area (Å²) in [4.78, 5) is 16.5. The van der Waals surface area contributed by atoms with E-state index in [-0.39, 0.29) is 17.8 Å². The van der Waals surface area contributed by atoms with E-state index < -0.39 is 5.97 Å². The average Bonchev–Trinajstić information content (AvgIpc) is 3.48. The summed E-state index contributed by atoms with van der Waals surface area (Å²) in [6, 6.07) is 7.43. The first-order valence-corrected chi connectivity index (χ1v) is 12.3. The van der Waals surface area contributed by atoms with Gasteiger partial charge in [-0.05, 0) is 56.0 Å². The molecule has 0 spiro atoms. The maximum Gasteiger partial charge on any atom is 0.338 e. The fourth-order valence-electron chi connectivity index (χ4n) is 4.60. The van der Waals surface area contributed by atoms with Crippen LogP contribution in [0, 0.1) is 6.92 Å². The van der Waals surface area contributed by atoms with Crippen LogP contribution in [-0.2, 0) is 17.6 Å². The molecule has 0 amide bonds. The van der Waals surface area contributed by atoms with E-state index in [4.69, 9.17) is 23.9 Å². The van der Waals surface area contributed by atoms with Crippen molar-refractivity contribution in [3.8, 4) is 17.2 Å². The molecule has 0 bridgehead atoms. The van der Waals surface area contributed by atoms with Crippen molar-refractivity contribution in [2.75, 3.05) is 21.3 Å². The van der Waals surface area contributed by atoms with Gasteiger partial charge in [0.25, 0.3) is 0 Å². The summed E-state index contributed by atoms with van der Waals surface area (Å²) in [5, 5.41) is 10.5. The van der Waals surface area contributed by atoms with E-state index in [0.29, 0.717) is 24.1 Å². The Morgan fingerprint density at radius 3 is 2.32 bits per heavy atom. The minimum Gasteiger partial charge on any atom is -0.497 e. The highest BCUT2D eigenvalue weighted by Gasteiger charge is 2.24. The predicted molar refractivity (Wildman–Crippen MR) is 132 cm³/mol. The Hall–Kier alpha value is -2.84. The standard InChI is InChI=1S/C26H31NO6S/c1-15-21(31-3)10-16(11-22(15)32-4)9-19(33-17-7-5-6-8-17)14-24-27-25-20(26(28)29)12-18(30-2)13-23(25)34-24/h10-13,17,19H,5-9,14H2,1-4H3,(H,28,29)/t19-/m1/s1. The molecule has 1 aliphatic carbocycles. The lowest BCUT2D eigenvalue weighted by atomic mass is 10.0. The molecule has 7 nitrogen and oxygen atoms in total. The summed E-state index contributed by atoms with van der Waals surface area (Å²) in [6.45, 7) is 1.98. The smallest absolute Gasteiger partial charge is 0.338 e. The first-order chi connectivity index (χ1) is 16.4. The molecule has 0 saturated heterocycles. The maximum absolute atomic E-state index is 11.8. The fourth-order valence-corrected chi connectivity index (χ4v) is 5.69. The quantitative estimate of drug-likeness (QED) is 0.409. The second-order valence-electron chi connectivity index (χ2n) is 8.63. The van der Waals surface area contributed by atoms with Gasteiger partial charge in [0.2, 0.25) is 0 Å². The molecule has 2 aromatic carbocycles. The average molecular weight is 486 g/mol. The summed E-state index contributed by atoms with van der Waals surface area (Å²) in [6.07, 6.45) is 5.91. The van der Waals surface area contributed by atoms with Crippen LogP contribution in [0.15, 0.2) is 24.3 Å².